The molecule has 1 aromatic carbocycles. The second-order valence-electron chi connectivity index (χ2n) is 2.99. The Bertz CT molecular complexity index is 408. The lowest BCUT2D eigenvalue weighted by atomic mass is 10.2. The summed E-state index contributed by atoms with van der Waals surface area (Å²) in [5, 5.41) is 3.07. The molecule has 0 spiro atoms. The second-order valence-corrected chi connectivity index (χ2v) is 5.12. The Morgan fingerprint density at radius 3 is 2.85 bits per heavy atom. The molecule has 0 unspecified atom stereocenters. The molecule has 0 bridgehead atoms. The first kappa shape index (κ1) is 9.50. The van der Waals surface area contributed by atoms with Crippen molar-refractivity contribution in [2.45, 2.75) is 12.3 Å². The molecule has 0 saturated carbocycles. The zero-order valence-electron chi connectivity index (χ0n) is 7.10. The van der Waals surface area contributed by atoms with Crippen molar-refractivity contribution in [3.63, 3.8) is 0 Å². The lowest BCUT2D eigenvalue weighted by Gasteiger charge is -1.95. The van der Waals surface area contributed by atoms with Crippen LogP contribution in [0.5, 0.6) is 0 Å². The Hall–Kier alpha value is -0.0500. The maximum Gasteiger partial charge on any atom is 0.0449 e. The maximum atomic E-state index is 6.04. The highest BCUT2D eigenvalue weighted by Crippen LogP contribution is 2.31. The lowest BCUT2D eigenvalue weighted by molar-refractivity contribution is 1.51. The van der Waals surface area contributed by atoms with Crippen LogP contribution in [0.4, 0.5) is 0 Å². The molecule has 0 nitrogen and oxygen atoms in total. The fourth-order valence-corrected chi connectivity index (χ4v) is 2.97. The van der Waals surface area contributed by atoms with E-state index in [0.29, 0.717) is 0 Å². The molecule has 0 aliphatic rings. The second kappa shape index (κ2) is 3.60. The maximum absolute atomic E-state index is 6.04. The average Bonchev–Trinajstić information content (AvgIpc) is 2.48. The molecule has 1 heterocycles. The first-order chi connectivity index (χ1) is 6.20. The summed E-state index contributed by atoms with van der Waals surface area (Å²) in [6.45, 7) is 2.03. The van der Waals surface area contributed by atoms with Crippen molar-refractivity contribution in [1.29, 1.82) is 0 Å². The van der Waals surface area contributed by atoms with E-state index >= 15 is 0 Å². The number of fused-ring (bicyclic) bond motifs is 1. The third-order valence-electron chi connectivity index (χ3n) is 1.98. The van der Waals surface area contributed by atoms with Gasteiger partial charge in [-0.3, -0.25) is 0 Å². The van der Waals surface area contributed by atoms with Crippen LogP contribution in [-0.2, 0) is 5.33 Å². The summed E-state index contributed by atoms with van der Waals surface area (Å²) in [5.74, 6) is 0. The monoisotopic (exact) mass is 274 g/mol. The van der Waals surface area contributed by atoms with Crippen LogP contribution in [0.15, 0.2) is 18.2 Å². The Morgan fingerprint density at radius 2 is 2.15 bits per heavy atom. The summed E-state index contributed by atoms with van der Waals surface area (Å²) >= 11 is 11.3. The summed E-state index contributed by atoms with van der Waals surface area (Å²) in [5.41, 5.74) is 1.15. The summed E-state index contributed by atoms with van der Waals surface area (Å²) in [6, 6.07) is 6.39. The van der Waals surface area contributed by atoms with E-state index in [1.807, 2.05) is 13.0 Å². The third-order valence-corrected chi connectivity index (χ3v) is 4.46. The standard InChI is InChI=1S/C10H8BrClS/c1-6-2-7-3-8(5-11)13-10(7)4-9(6)12/h2-4H,5H2,1H3. The average molecular weight is 276 g/mol. The first-order valence-electron chi connectivity index (χ1n) is 3.95. The molecule has 0 amide bonds. The van der Waals surface area contributed by atoms with Gasteiger partial charge < -0.3 is 0 Å². The Morgan fingerprint density at radius 1 is 1.38 bits per heavy atom. The Labute approximate surface area is 94.7 Å². The number of rotatable bonds is 1. The third kappa shape index (κ3) is 1.76. The van der Waals surface area contributed by atoms with E-state index in [1.165, 1.54) is 15.0 Å². The van der Waals surface area contributed by atoms with Gasteiger partial charge in [-0.25, -0.2) is 0 Å². The van der Waals surface area contributed by atoms with Crippen LogP contribution in [0.25, 0.3) is 10.1 Å². The molecule has 68 valence electrons. The number of hydrogen-bond donors (Lipinski definition) is 0. The molecular formula is C10H8BrClS. The minimum atomic E-state index is 0.857. The van der Waals surface area contributed by atoms with Crippen LogP contribution in [-0.4, -0.2) is 0 Å². The summed E-state index contributed by atoms with van der Waals surface area (Å²) in [7, 11) is 0. The van der Waals surface area contributed by atoms with E-state index < -0.39 is 0 Å². The van der Waals surface area contributed by atoms with E-state index in [9.17, 15) is 0 Å². The summed E-state index contributed by atoms with van der Waals surface area (Å²) in [6.07, 6.45) is 0. The van der Waals surface area contributed by atoms with E-state index in [2.05, 4.69) is 28.1 Å². The molecule has 1 aromatic heterocycles. The van der Waals surface area contributed by atoms with Crippen molar-refractivity contribution in [1.82, 2.24) is 0 Å². The van der Waals surface area contributed by atoms with Crippen molar-refractivity contribution in [2.75, 3.05) is 0 Å². The van der Waals surface area contributed by atoms with E-state index in [1.54, 1.807) is 11.3 Å². The van der Waals surface area contributed by atoms with Gasteiger partial charge in [-0.2, -0.15) is 0 Å². The van der Waals surface area contributed by atoms with Gasteiger partial charge in [0.15, 0.2) is 0 Å². The summed E-state index contributed by atoms with van der Waals surface area (Å²) < 4.78 is 1.27. The van der Waals surface area contributed by atoms with Crippen molar-refractivity contribution < 1.29 is 0 Å². The van der Waals surface area contributed by atoms with E-state index in [4.69, 9.17) is 11.6 Å². The van der Waals surface area contributed by atoms with Gasteiger partial charge in [0.1, 0.15) is 0 Å². The van der Waals surface area contributed by atoms with Gasteiger partial charge in [0.2, 0.25) is 0 Å². The van der Waals surface area contributed by atoms with Gasteiger partial charge in [0.25, 0.3) is 0 Å². The molecule has 0 N–H and O–H groups in total. The number of halogens is 2. The normalized spacial score (nSPS) is 11.0. The summed E-state index contributed by atoms with van der Waals surface area (Å²) in [4.78, 5) is 1.34. The van der Waals surface area contributed by atoms with Gasteiger partial charge >= 0.3 is 0 Å². The number of benzene rings is 1. The molecule has 0 atom stereocenters. The van der Waals surface area contributed by atoms with Gasteiger partial charge in [-0.15, -0.1) is 11.3 Å². The largest absolute Gasteiger partial charge is 0.139 e. The highest BCUT2D eigenvalue weighted by atomic mass is 79.9. The highest BCUT2D eigenvalue weighted by Gasteiger charge is 2.03. The quantitative estimate of drug-likeness (QED) is 0.658. The number of thiophene rings is 1. The first-order valence-corrected chi connectivity index (χ1v) is 6.27. The van der Waals surface area contributed by atoms with Crippen LogP contribution in [0.3, 0.4) is 0 Å². The van der Waals surface area contributed by atoms with Gasteiger partial charge in [0.05, 0.1) is 0 Å². The minimum absolute atomic E-state index is 0.857. The molecule has 0 aliphatic carbocycles. The molecule has 0 fully saturated rings. The van der Waals surface area contributed by atoms with Gasteiger partial charge in [0, 0.05) is 19.9 Å². The van der Waals surface area contributed by atoms with Crippen molar-refractivity contribution in [3.8, 4) is 0 Å². The van der Waals surface area contributed by atoms with Gasteiger partial charge in [-0.05, 0) is 36.1 Å². The molecule has 0 radical (unpaired) electrons. The molecule has 2 rings (SSSR count). The van der Waals surface area contributed by atoms with Crippen LogP contribution in [0.1, 0.15) is 10.4 Å². The van der Waals surface area contributed by atoms with Crippen molar-refractivity contribution in [2.24, 2.45) is 0 Å². The molecular weight excluding hydrogens is 268 g/mol. The van der Waals surface area contributed by atoms with Gasteiger partial charge in [-0.1, -0.05) is 27.5 Å². The van der Waals surface area contributed by atoms with Crippen molar-refractivity contribution in [3.05, 3.63) is 33.7 Å². The van der Waals surface area contributed by atoms with Crippen LogP contribution in [0, 0.1) is 6.92 Å². The topological polar surface area (TPSA) is 0 Å². The smallest absolute Gasteiger partial charge is 0.0449 e. The number of alkyl halides is 1. The molecule has 0 saturated heterocycles. The van der Waals surface area contributed by atoms with Crippen molar-refractivity contribution >= 4 is 49.0 Å². The van der Waals surface area contributed by atoms with Crippen LogP contribution < -0.4 is 0 Å². The Kier molecular flexibility index (Phi) is 2.63. The number of aryl methyl sites for hydroxylation is 1. The van der Waals surface area contributed by atoms with E-state index in [-0.39, 0.29) is 0 Å². The predicted octanol–water partition coefficient (Wildman–Crippen LogP) is 4.76. The SMILES string of the molecule is Cc1cc2cc(CBr)sc2cc1Cl. The predicted molar refractivity (Wildman–Crippen MR) is 64.2 cm³/mol. The minimum Gasteiger partial charge on any atom is -0.139 e. The number of hydrogen-bond acceptors (Lipinski definition) is 1. The fraction of sp³-hybridized carbons (Fsp3) is 0.200. The fourth-order valence-electron chi connectivity index (χ4n) is 1.30. The van der Waals surface area contributed by atoms with Crippen LogP contribution in [0.2, 0.25) is 5.02 Å². The highest BCUT2D eigenvalue weighted by molar-refractivity contribution is 9.08. The molecule has 13 heavy (non-hydrogen) atoms. The lowest BCUT2D eigenvalue weighted by Crippen LogP contribution is -1.72. The molecule has 3 heteroatoms. The molecule has 0 aliphatic heterocycles. The molecule has 2 aromatic rings. The van der Waals surface area contributed by atoms with Crippen LogP contribution >= 0.6 is 38.9 Å². The van der Waals surface area contributed by atoms with E-state index in [0.717, 1.165) is 15.9 Å². The zero-order chi connectivity index (χ0) is 9.42. The zero-order valence-corrected chi connectivity index (χ0v) is 10.3. The Balaban J connectivity index is 2.70.